The number of nitrogens with zero attached hydrogens (tertiary/aromatic N) is 2. The summed E-state index contributed by atoms with van der Waals surface area (Å²) in [7, 11) is 0. The van der Waals surface area contributed by atoms with Crippen LogP contribution in [0.5, 0.6) is 0 Å². The fraction of sp³-hybridized carbons (Fsp3) is 0.190. The Balaban J connectivity index is 2.37. The summed E-state index contributed by atoms with van der Waals surface area (Å²) in [6.45, 7) is 2.66. The van der Waals surface area contributed by atoms with Crippen molar-refractivity contribution in [2.45, 2.75) is 25.4 Å². The van der Waals surface area contributed by atoms with Crippen molar-refractivity contribution >= 4 is 21.9 Å². The second-order valence-corrected chi connectivity index (χ2v) is 7.75. The first-order chi connectivity index (χ1) is 13.2. The molecule has 0 aliphatic carbocycles. The minimum absolute atomic E-state index is 0.110. The molecular formula is C21H19BrN2O4. The molecule has 3 rings (SSSR count). The molecule has 0 radical (unpaired) electrons. The molecule has 0 aliphatic rings. The fourth-order valence-electron chi connectivity index (χ4n) is 3.10. The van der Waals surface area contributed by atoms with Crippen molar-refractivity contribution in [3.05, 3.63) is 103 Å². The number of hydrogen-bond donors (Lipinski definition) is 1. The third-order valence-corrected chi connectivity index (χ3v) is 5.21. The first kappa shape index (κ1) is 19.8. The zero-order valence-corrected chi connectivity index (χ0v) is 17.0. The van der Waals surface area contributed by atoms with Gasteiger partial charge in [-0.05, 0) is 40.9 Å². The van der Waals surface area contributed by atoms with Crippen LogP contribution in [0.4, 0.5) is 0 Å². The van der Waals surface area contributed by atoms with Crippen LogP contribution in [0.1, 0.15) is 31.0 Å². The van der Waals surface area contributed by atoms with E-state index in [4.69, 9.17) is 0 Å². The number of aliphatic carboxylic acids is 1. The van der Waals surface area contributed by atoms with E-state index in [2.05, 4.69) is 15.9 Å². The lowest BCUT2D eigenvalue weighted by Crippen LogP contribution is -2.53. The van der Waals surface area contributed by atoms with E-state index < -0.39 is 28.8 Å². The van der Waals surface area contributed by atoms with E-state index in [-0.39, 0.29) is 4.47 Å². The topological polar surface area (TPSA) is 81.3 Å². The fourth-order valence-corrected chi connectivity index (χ4v) is 3.50. The van der Waals surface area contributed by atoms with E-state index >= 15 is 0 Å². The molecule has 7 heteroatoms. The molecule has 28 heavy (non-hydrogen) atoms. The van der Waals surface area contributed by atoms with Crippen LogP contribution < -0.4 is 11.2 Å². The van der Waals surface area contributed by atoms with Crippen LogP contribution in [-0.4, -0.2) is 20.2 Å². The molecule has 3 aromatic rings. The number of aromatic nitrogens is 2. The van der Waals surface area contributed by atoms with E-state index in [1.54, 1.807) is 0 Å². The molecule has 0 unspecified atom stereocenters. The van der Waals surface area contributed by atoms with Crippen LogP contribution >= 0.6 is 15.9 Å². The molecule has 0 saturated heterocycles. The van der Waals surface area contributed by atoms with Gasteiger partial charge < -0.3 is 5.11 Å². The normalized spacial score (nSPS) is 11.6. The highest BCUT2D eigenvalue weighted by Crippen LogP contribution is 2.26. The first-order valence-corrected chi connectivity index (χ1v) is 9.42. The highest BCUT2D eigenvalue weighted by Gasteiger charge is 2.34. The summed E-state index contributed by atoms with van der Waals surface area (Å²) in [5.74, 6) is -1.27. The molecule has 0 atom stereocenters. The summed E-state index contributed by atoms with van der Waals surface area (Å²) in [5, 5.41) is 9.57. The Morgan fingerprint density at radius 1 is 0.964 bits per heavy atom. The van der Waals surface area contributed by atoms with Crippen molar-refractivity contribution in [3.63, 3.8) is 0 Å². The van der Waals surface area contributed by atoms with Gasteiger partial charge in [0, 0.05) is 6.20 Å². The van der Waals surface area contributed by atoms with Gasteiger partial charge in [0.25, 0.3) is 5.56 Å². The van der Waals surface area contributed by atoms with E-state index in [9.17, 15) is 19.5 Å². The van der Waals surface area contributed by atoms with Gasteiger partial charge in [-0.25, -0.2) is 14.2 Å². The lowest BCUT2D eigenvalue weighted by molar-refractivity contribution is -0.146. The van der Waals surface area contributed by atoms with Gasteiger partial charge in [-0.1, -0.05) is 60.7 Å². The number of rotatable bonds is 5. The molecule has 0 spiro atoms. The Bertz CT molecular complexity index is 1080. The Kier molecular flexibility index (Phi) is 5.38. The average molecular weight is 443 g/mol. The predicted molar refractivity (Wildman–Crippen MR) is 110 cm³/mol. The highest BCUT2D eigenvalue weighted by molar-refractivity contribution is 9.10. The maximum atomic E-state index is 13.3. The van der Waals surface area contributed by atoms with E-state index in [1.807, 2.05) is 60.7 Å². The van der Waals surface area contributed by atoms with Crippen molar-refractivity contribution in [2.24, 2.45) is 0 Å². The minimum Gasteiger partial charge on any atom is -0.480 e. The van der Waals surface area contributed by atoms with Crippen molar-refractivity contribution in [2.75, 3.05) is 0 Å². The zero-order chi connectivity index (χ0) is 20.5. The predicted octanol–water partition coefficient (Wildman–Crippen LogP) is 3.23. The van der Waals surface area contributed by atoms with Crippen LogP contribution in [-0.2, 0) is 10.3 Å². The standard InChI is InChI=1S/C21H19BrN2O4/c1-21(2,19(26)27)24-18(25)16(22)13-23(20(24)28)17(14-9-5-3-6-10-14)15-11-7-4-8-12-15/h3-13,17H,1-2H3,(H,26,27). The van der Waals surface area contributed by atoms with Crippen molar-refractivity contribution in [3.8, 4) is 0 Å². The quantitative estimate of drug-likeness (QED) is 0.657. The van der Waals surface area contributed by atoms with E-state index in [0.29, 0.717) is 0 Å². The molecule has 0 amide bonds. The Morgan fingerprint density at radius 3 is 1.86 bits per heavy atom. The molecule has 1 heterocycles. The van der Waals surface area contributed by atoms with Gasteiger partial charge in [-0.15, -0.1) is 0 Å². The lowest BCUT2D eigenvalue weighted by Gasteiger charge is -2.26. The first-order valence-electron chi connectivity index (χ1n) is 8.62. The number of benzene rings is 2. The molecule has 0 aliphatic heterocycles. The summed E-state index contributed by atoms with van der Waals surface area (Å²) in [6.07, 6.45) is 1.42. The van der Waals surface area contributed by atoms with Crippen molar-refractivity contribution in [1.29, 1.82) is 0 Å². The molecule has 144 valence electrons. The van der Waals surface area contributed by atoms with Crippen LogP contribution in [0.2, 0.25) is 0 Å². The maximum Gasteiger partial charge on any atom is 0.332 e. The number of carboxylic acids is 1. The minimum atomic E-state index is -1.71. The van der Waals surface area contributed by atoms with Gasteiger partial charge in [-0.2, -0.15) is 0 Å². The molecule has 1 aromatic heterocycles. The van der Waals surface area contributed by atoms with E-state index in [1.165, 1.54) is 24.6 Å². The summed E-state index contributed by atoms with van der Waals surface area (Å²) >= 11 is 3.20. The van der Waals surface area contributed by atoms with Gasteiger partial charge in [0.1, 0.15) is 5.54 Å². The Hall–Kier alpha value is -2.93. The SMILES string of the molecule is CC(C)(C(=O)O)n1c(=O)c(Br)cn(C(c2ccccc2)c2ccccc2)c1=O. The van der Waals surface area contributed by atoms with Gasteiger partial charge >= 0.3 is 11.7 Å². The van der Waals surface area contributed by atoms with Gasteiger partial charge in [-0.3, -0.25) is 9.36 Å². The molecular weight excluding hydrogens is 424 g/mol. The zero-order valence-electron chi connectivity index (χ0n) is 15.4. The lowest BCUT2D eigenvalue weighted by atomic mass is 9.98. The number of halogens is 1. The molecule has 2 aromatic carbocycles. The summed E-state index contributed by atoms with van der Waals surface area (Å²) in [4.78, 5) is 37.7. The molecule has 0 saturated carbocycles. The summed E-state index contributed by atoms with van der Waals surface area (Å²) < 4.78 is 2.28. The van der Waals surface area contributed by atoms with Gasteiger partial charge in [0.2, 0.25) is 0 Å². The summed E-state index contributed by atoms with van der Waals surface area (Å²) in [6, 6.07) is 18.2. The smallest absolute Gasteiger partial charge is 0.332 e. The maximum absolute atomic E-state index is 13.3. The number of carboxylic acid groups (broad SMARTS) is 1. The molecule has 6 nitrogen and oxygen atoms in total. The van der Waals surface area contributed by atoms with E-state index in [0.717, 1.165) is 15.7 Å². The second kappa shape index (κ2) is 7.59. The number of carbonyl (C=O) groups is 1. The third-order valence-electron chi connectivity index (χ3n) is 4.66. The third kappa shape index (κ3) is 3.45. The van der Waals surface area contributed by atoms with Crippen LogP contribution in [0, 0.1) is 0 Å². The average Bonchev–Trinajstić information content (AvgIpc) is 2.67. The highest BCUT2D eigenvalue weighted by atomic mass is 79.9. The van der Waals surface area contributed by atoms with Crippen LogP contribution in [0.15, 0.2) is 80.9 Å². The Morgan fingerprint density at radius 2 is 1.43 bits per heavy atom. The van der Waals surface area contributed by atoms with Crippen LogP contribution in [0.25, 0.3) is 0 Å². The largest absolute Gasteiger partial charge is 0.480 e. The molecule has 0 fully saturated rings. The van der Waals surface area contributed by atoms with Gasteiger partial charge in [0.15, 0.2) is 0 Å². The second-order valence-electron chi connectivity index (χ2n) is 6.90. The van der Waals surface area contributed by atoms with Gasteiger partial charge in [0.05, 0.1) is 10.5 Å². The van der Waals surface area contributed by atoms with Crippen molar-refractivity contribution in [1.82, 2.24) is 9.13 Å². The number of hydrogen-bond acceptors (Lipinski definition) is 3. The summed E-state index contributed by atoms with van der Waals surface area (Å²) in [5.41, 5.74) is -1.42. The Labute approximate surface area is 169 Å². The molecule has 1 N–H and O–H groups in total. The van der Waals surface area contributed by atoms with Crippen molar-refractivity contribution < 1.29 is 9.90 Å². The monoisotopic (exact) mass is 442 g/mol. The van der Waals surface area contributed by atoms with Crippen LogP contribution in [0.3, 0.4) is 0 Å². The molecule has 0 bridgehead atoms.